The molecule has 0 saturated carbocycles. The molecule has 1 N–H and O–H groups in total. The second-order valence-electron chi connectivity index (χ2n) is 6.11. The quantitative estimate of drug-likeness (QED) is 0.712. The van der Waals surface area contributed by atoms with Crippen LogP contribution in [0.15, 0.2) is 53.4 Å². The molecule has 0 bridgehead atoms. The van der Waals surface area contributed by atoms with Crippen LogP contribution in [0.3, 0.4) is 0 Å². The van der Waals surface area contributed by atoms with Crippen molar-refractivity contribution in [2.45, 2.75) is 32.1 Å². The third-order valence-electron chi connectivity index (χ3n) is 3.98. The number of nitrogens with zero attached hydrogens (tertiary/aromatic N) is 1. The number of para-hydroxylation sites is 1. The minimum atomic E-state index is -3.78. The Balaban J connectivity index is 2.17. The highest BCUT2D eigenvalue weighted by Crippen LogP contribution is 2.20. The van der Waals surface area contributed by atoms with Gasteiger partial charge in [-0.3, -0.25) is 4.79 Å². The van der Waals surface area contributed by atoms with Gasteiger partial charge in [0.2, 0.25) is 15.9 Å². The van der Waals surface area contributed by atoms with Gasteiger partial charge < -0.3 is 10.1 Å². The molecular formula is C20H26N2O4S. The second-order valence-corrected chi connectivity index (χ2v) is 8.04. The zero-order chi connectivity index (χ0) is 19.9. The van der Waals surface area contributed by atoms with E-state index in [2.05, 4.69) is 5.32 Å². The van der Waals surface area contributed by atoms with Gasteiger partial charge in [0, 0.05) is 12.2 Å². The van der Waals surface area contributed by atoms with E-state index < -0.39 is 10.0 Å². The van der Waals surface area contributed by atoms with Gasteiger partial charge in [0.1, 0.15) is 5.75 Å². The maximum absolute atomic E-state index is 13.0. The number of ether oxygens (including phenoxy) is 1. The van der Waals surface area contributed by atoms with E-state index in [0.29, 0.717) is 24.5 Å². The van der Waals surface area contributed by atoms with Gasteiger partial charge in [-0.1, -0.05) is 25.1 Å². The summed E-state index contributed by atoms with van der Waals surface area (Å²) in [5.41, 5.74) is 1.60. The summed E-state index contributed by atoms with van der Waals surface area (Å²) in [6.45, 7) is 6.15. The first-order chi connectivity index (χ1) is 12.9. The van der Waals surface area contributed by atoms with E-state index in [1.807, 2.05) is 39.0 Å². The van der Waals surface area contributed by atoms with Crippen molar-refractivity contribution in [3.8, 4) is 5.75 Å². The van der Waals surface area contributed by atoms with Crippen LogP contribution >= 0.6 is 0 Å². The van der Waals surface area contributed by atoms with Gasteiger partial charge in [0.15, 0.2) is 0 Å². The van der Waals surface area contributed by atoms with Crippen molar-refractivity contribution < 1.29 is 17.9 Å². The van der Waals surface area contributed by atoms with Crippen LogP contribution in [0.25, 0.3) is 0 Å². The zero-order valence-corrected chi connectivity index (χ0v) is 16.8. The summed E-state index contributed by atoms with van der Waals surface area (Å²) in [6, 6.07) is 13.6. The monoisotopic (exact) mass is 390 g/mol. The number of sulfonamides is 1. The Labute approximate surface area is 161 Å². The number of benzene rings is 2. The summed E-state index contributed by atoms with van der Waals surface area (Å²) in [7, 11) is -3.78. The molecule has 0 heterocycles. The molecule has 0 saturated heterocycles. The Hall–Kier alpha value is -2.38. The molecule has 0 spiro atoms. The van der Waals surface area contributed by atoms with Gasteiger partial charge in [-0.2, -0.15) is 4.31 Å². The summed E-state index contributed by atoms with van der Waals surface area (Å²) >= 11 is 0. The average molecular weight is 391 g/mol. The second kappa shape index (κ2) is 9.53. The van der Waals surface area contributed by atoms with Crippen molar-refractivity contribution in [3.63, 3.8) is 0 Å². The minimum Gasteiger partial charge on any atom is -0.494 e. The lowest BCUT2D eigenvalue weighted by molar-refractivity contribution is -0.116. The Kier molecular flexibility index (Phi) is 7.38. The molecule has 2 aromatic carbocycles. The lowest BCUT2D eigenvalue weighted by Gasteiger charge is -2.21. The molecule has 2 rings (SSSR count). The Morgan fingerprint density at radius 1 is 1.07 bits per heavy atom. The zero-order valence-electron chi connectivity index (χ0n) is 15.9. The Bertz CT molecular complexity index is 864. The molecular weight excluding hydrogens is 364 g/mol. The number of carbonyl (C=O) groups is 1. The molecule has 1 amide bonds. The molecule has 0 unspecified atom stereocenters. The van der Waals surface area contributed by atoms with Crippen molar-refractivity contribution >= 4 is 21.6 Å². The Morgan fingerprint density at radius 3 is 2.33 bits per heavy atom. The van der Waals surface area contributed by atoms with E-state index in [1.165, 1.54) is 16.4 Å². The fourth-order valence-electron chi connectivity index (χ4n) is 2.62. The molecule has 0 aliphatic rings. The van der Waals surface area contributed by atoms with Gasteiger partial charge >= 0.3 is 0 Å². The van der Waals surface area contributed by atoms with Crippen molar-refractivity contribution in [2.75, 3.05) is 25.0 Å². The predicted octanol–water partition coefficient (Wildman–Crippen LogP) is 3.43. The van der Waals surface area contributed by atoms with Gasteiger partial charge in [-0.15, -0.1) is 0 Å². The molecule has 0 aliphatic carbocycles. The normalized spacial score (nSPS) is 11.4. The first-order valence-electron chi connectivity index (χ1n) is 8.97. The van der Waals surface area contributed by atoms with E-state index in [4.69, 9.17) is 4.74 Å². The van der Waals surface area contributed by atoms with Gasteiger partial charge in [-0.25, -0.2) is 8.42 Å². The topological polar surface area (TPSA) is 75.7 Å². The molecule has 2 aromatic rings. The number of hydrogen-bond donors (Lipinski definition) is 1. The fraction of sp³-hybridized carbons (Fsp3) is 0.350. The number of rotatable bonds is 9. The molecule has 6 nitrogen and oxygen atoms in total. The van der Waals surface area contributed by atoms with Crippen LogP contribution in [-0.2, 0) is 14.8 Å². The number of carbonyl (C=O) groups excluding carboxylic acids is 1. The van der Waals surface area contributed by atoms with E-state index in [1.54, 1.807) is 18.2 Å². The van der Waals surface area contributed by atoms with E-state index in [-0.39, 0.29) is 23.9 Å². The number of nitrogens with one attached hydrogen (secondary N) is 1. The molecule has 7 heteroatoms. The summed E-state index contributed by atoms with van der Waals surface area (Å²) in [5, 5.41) is 2.78. The summed E-state index contributed by atoms with van der Waals surface area (Å²) in [6.07, 6.45) is 0.605. The van der Waals surface area contributed by atoms with Crippen molar-refractivity contribution in [3.05, 3.63) is 54.1 Å². The predicted molar refractivity (Wildman–Crippen MR) is 106 cm³/mol. The molecule has 27 heavy (non-hydrogen) atoms. The SMILES string of the molecule is CCCN(CC(=O)Nc1ccccc1C)S(=O)(=O)c1ccc(OCC)cc1. The third kappa shape index (κ3) is 5.55. The van der Waals surface area contributed by atoms with Crippen LogP contribution in [0.4, 0.5) is 5.69 Å². The average Bonchev–Trinajstić information content (AvgIpc) is 2.64. The van der Waals surface area contributed by atoms with Crippen molar-refractivity contribution in [2.24, 2.45) is 0 Å². The third-order valence-corrected chi connectivity index (χ3v) is 5.84. The van der Waals surface area contributed by atoms with Gasteiger partial charge in [0.05, 0.1) is 18.0 Å². The first-order valence-corrected chi connectivity index (χ1v) is 10.4. The summed E-state index contributed by atoms with van der Waals surface area (Å²) < 4.78 is 32.5. The number of hydrogen-bond acceptors (Lipinski definition) is 4. The maximum atomic E-state index is 13.0. The van der Waals surface area contributed by atoms with E-state index in [0.717, 1.165) is 5.56 Å². The van der Waals surface area contributed by atoms with Crippen LogP contribution in [0.1, 0.15) is 25.8 Å². The molecule has 0 atom stereocenters. The highest BCUT2D eigenvalue weighted by Gasteiger charge is 2.26. The van der Waals surface area contributed by atoms with Gasteiger partial charge in [0.25, 0.3) is 0 Å². The number of amides is 1. The highest BCUT2D eigenvalue weighted by molar-refractivity contribution is 7.89. The number of anilines is 1. The van der Waals surface area contributed by atoms with Crippen LogP contribution in [0.2, 0.25) is 0 Å². The molecule has 0 fully saturated rings. The van der Waals surface area contributed by atoms with Gasteiger partial charge in [-0.05, 0) is 56.2 Å². The smallest absolute Gasteiger partial charge is 0.243 e. The van der Waals surface area contributed by atoms with Crippen molar-refractivity contribution in [1.29, 1.82) is 0 Å². The van der Waals surface area contributed by atoms with E-state index in [9.17, 15) is 13.2 Å². The van der Waals surface area contributed by atoms with Crippen LogP contribution in [-0.4, -0.2) is 38.3 Å². The summed E-state index contributed by atoms with van der Waals surface area (Å²) in [4.78, 5) is 12.6. The lowest BCUT2D eigenvalue weighted by atomic mass is 10.2. The van der Waals surface area contributed by atoms with E-state index >= 15 is 0 Å². The highest BCUT2D eigenvalue weighted by atomic mass is 32.2. The van der Waals surface area contributed by atoms with Crippen molar-refractivity contribution in [1.82, 2.24) is 4.31 Å². The molecule has 0 radical (unpaired) electrons. The fourth-order valence-corrected chi connectivity index (χ4v) is 4.11. The minimum absolute atomic E-state index is 0.142. The Morgan fingerprint density at radius 2 is 1.74 bits per heavy atom. The lowest BCUT2D eigenvalue weighted by Crippen LogP contribution is -2.38. The standard InChI is InChI=1S/C20H26N2O4S/c1-4-14-22(15-20(23)21-19-9-7-6-8-16(19)3)27(24,25)18-12-10-17(11-13-18)26-5-2/h6-13H,4-5,14-15H2,1-3H3,(H,21,23). The maximum Gasteiger partial charge on any atom is 0.243 e. The molecule has 146 valence electrons. The van der Waals surface area contributed by atoms with Crippen LogP contribution in [0, 0.1) is 6.92 Å². The molecule has 0 aliphatic heterocycles. The first kappa shape index (κ1) is 20.9. The van der Waals surface area contributed by atoms with Crippen LogP contribution in [0.5, 0.6) is 5.75 Å². The number of aryl methyl sites for hydroxylation is 1. The summed E-state index contributed by atoms with van der Waals surface area (Å²) in [5.74, 6) is 0.239. The largest absolute Gasteiger partial charge is 0.494 e. The molecule has 0 aromatic heterocycles. The van der Waals surface area contributed by atoms with Crippen LogP contribution < -0.4 is 10.1 Å².